The zero-order chi connectivity index (χ0) is 29.5. The molecule has 0 radical (unpaired) electrons. The maximum atomic E-state index is 14.3. The van der Waals surface area contributed by atoms with Gasteiger partial charge in [0.25, 0.3) is 0 Å². The number of likely N-dealkylation sites (N-methyl/N-ethyl adjacent to an activating group) is 1. The lowest BCUT2D eigenvalue weighted by Gasteiger charge is -2.38. The van der Waals surface area contributed by atoms with Crippen LogP contribution in [0.15, 0.2) is 48.9 Å². The van der Waals surface area contributed by atoms with Crippen molar-refractivity contribution in [3.8, 4) is 11.4 Å². The number of benzene rings is 1. The minimum absolute atomic E-state index is 0.0180. The molecule has 9 nitrogen and oxygen atoms in total. The van der Waals surface area contributed by atoms with Crippen LogP contribution in [0.1, 0.15) is 37.2 Å². The Bertz CT molecular complexity index is 1640. The number of carbonyl (C=O) groups excluding carboxylic acids is 1. The lowest BCUT2D eigenvalue weighted by molar-refractivity contribution is -0.137. The largest absolute Gasteiger partial charge is 0.356 e. The summed E-state index contributed by atoms with van der Waals surface area (Å²) in [5, 5.41) is 3.78. The lowest BCUT2D eigenvalue weighted by atomic mass is 9.94. The third kappa shape index (κ3) is 5.61. The van der Waals surface area contributed by atoms with Gasteiger partial charge in [-0.05, 0) is 68.5 Å². The maximum Gasteiger partial charge on any atom is 0.225 e. The molecular formula is C32H34F2N8O. The van der Waals surface area contributed by atoms with Crippen LogP contribution < -0.4 is 10.2 Å². The van der Waals surface area contributed by atoms with Gasteiger partial charge in [0.15, 0.2) is 5.82 Å². The van der Waals surface area contributed by atoms with Crippen LogP contribution in [0.5, 0.6) is 0 Å². The zero-order valence-corrected chi connectivity index (χ0v) is 24.1. The summed E-state index contributed by atoms with van der Waals surface area (Å²) in [7, 11) is 2.10. The molecule has 1 N–H and O–H groups in total. The van der Waals surface area contributed by atoms with Crippen LogP contribution in [-0.2, 0) is 4.79 Å². The molecule has 7 rings (SSSR count). The normalized spacial score (nSPS) is 18.3. The average Bonchev–Trinajstić information content (AvgIpc) is 3.88. The summed E-state index contributed by atoms with van der Waals surface area (Å²) in [6, 6.07) is 7.18. The second-order valence-corrected chi connectivity index (χ2v) is 11.8. The monoisotopic (exact) mass is 584 g/mol. The summed E-state index contributed by atoms with van der Waals surface area (Å²) < 4.78 is 28.6. The molecule has 3 aliphatic rings. The Morgan fingerprint density at radius 2 is 1.67 bits per heavy atom. The van der Waals surface area contributed by atoms with Crippen molar-refractivity contribution >= 4 is 34.1 Å². The average molecular weight is 585 g/mol. The number of hydrogen-bond donors (Lipinski definition) is 1. The van der Waals surface area contributed by atoms with E-state index in [9.17, 15) is 13.6 Å². The van der Waals surface area contributed by atoms with Crippen molar-refractivity contribution in [1.29, 1.82) is 0 Å². The number of aromatic nitrogens is 4. The van der Waals surface area contributed by atoms with E-state index in [0.717, 1.165) is 81.7 Å². The Morgan fingerprint density at radius 3 is 2.40 bits per heavy atom. The standard InChI is InChI=1S/C32H34F2N8O/c1-40-13-15-42(16-14-40)32(43)21-8-11-41(12-9-21)31-28-23(20-5-6-20)18-35-19-26(28)37-30(39-31)22-7-10-36-27(17-22)38-29-24(33)3-2-4-25(29)34/h2-4,7,10,17-21H,5-6,8-9,11-16H2,1H3,(H,36,38). The second kappa shape index (κ2) is 11.4. The van der Waals surface area contributed by atoms with Gasteiger partial charge < -0.3 is 20.0 Å². The van der Waals surface area contributed by atoms with Crippen molar-refractivity contribution < 1.29 is 13.6 Å². The molecule has 1 aromatic carbocycles. The molecule has 0 spiro atoms. The molecule has 5 heterocycles. The maximum absolute atomic E-state index is 14.3. The van der Waals surface area contributed by atoms with E-state index in [4.69, 9.17) is 9.97 Å². The van der Waals surface area contributed by atoms with Gasteiger partial charge in [-0.15, -0.1) is 0 Å². The molecule has 0 atom stereocenters. The van der Waals surface area contributed by atoms with Crippen LogP contribution in [0.4, 0.5) is 26.1 Å². The van der Waals surface area contributed by atoms with E-state index in [-0.39, 0.29) is 23.3 Å². The van der Waals surface area contributed by atoms with Crippen molar-refractivity contribution in [2.24, 2.45) is 5.92 Å². The molecule has 1 amide bonds. The van der Waals surface area contributed by atoms with E-state index >= 15 is 0 Å². The van der Waals surface area contributed by atoms with Gasteiger partial charge in [0.05, 0.1) is 11.7 Å². The number of piperazine rings is 1. The molecule has 43 heavy (non-hydrogen) atoms. The van der Waals surface area contributed by atoms with E-state index in [0.29, 0.717) is 17.3 Å². The van der Waals surface area contributed by atoms with Crippen molar-refractivity contribution in [3.05, 3.63) is 66.1 Å². The molecule has 1 saturated carbocycles. The third-order valence-electron chi connectivity index (χ3n) is 8.83. The fourth-order valence-corrected chi connectivity index (χ4v) is 6.16. The highest BCUT2D eigenvalue weighted by Gasteiger charge is 2.33. The highest BCUT2D eigenvalue weighted by Crippen LogP contribution is 2.45. The van der Waals surface area contributed by atoms with Gasteiger partial charge in [-0.1, -0.05) is 6.07 Å². The number of pyridine rings is 2. The minimum Gasteiger partial charge on any atom is -0.356 e. The first-order chi connectivity index (χ1) is 20.9. The number of nitrogens with one attached hydrogen (secondary N) is 1. The number of rotatable bonds is 6. The Labute approximate surface area is 249 Å². The molecule has 11 heteroatoms. The van der Waals surface area contributed by atoms with E-state index in [1.807, 2.05) is 11.1 Å². The van der Waals surface area contributed by atoms with Crippen LogP contribution in [0.2, 0.25) is 0 Å². The molecule has 2 saturated heterocycles. The highest BCUT2D eigenvalue weighted by molar-refractivity contribution is 5.94. The number of amides is 1. The molecule has 222 valence electrons. The molecule has 0 bridgehead atoms. The fourth-order valence-electron chi connectivity index (χ4n) is 6.16. The number of anilines is 3. The topological polar surface area (TPSA) is 90.4 Å². The molecule has 1 aliphatic carbocycles. The van der Waals surface area contributed by atoms with Crippen LogP contribution in [0, 0.1) is 17.6 Å². The quantitative estimate of drug-likeness (QED) is 0.340. The van der Waals surface area contributed by atoms with Gasteiger partial charge in [0.1, 0.15) is 29.0 Å². The van der Waals surface area contributed by atoms with Crippen molar-refractivity contribution in [1.82, 2.24) is 29.7 Å². The zero-order valence-electron chi connectivity index (χ0n) is 24.1. The number of piperidine rings is 1. The predicted molar refractivity (Wildman–Crippen MR) is 161 cm³/mol. The molecule has 4 aromatic rings. The Kier molecular flexibility index (Phi) is 7.34. The van der Waals surface area contributed by atoms with Gasteiger partial charge in [-0.25, -0.2) is 23.7 Å². The summed E-state index contributed by atoms with van der Waals surface area (Å²) in [5.41, 5.74) is 2.32. The van der Waals surface area contributed by atoms with Gasteiger partial charge in [-0.2, -0.15) is 0 Å². The van der Waals surface area contributed by atoms with Gasteiger partial charge >= 0.3 is 0 Å². The Balaban J connectivity index is 1.19. The second-order valence-electron chi connectivity index (χ2n) is 11.8. The smallest absolute Gasteiger partial charge is 0.225 e. The summed E-state index contributed by atoms with van der Waals surface area (Å²) in [6.07, 6.45) is 9.06. The van der Waals surface area contributed by atoms with Crippen LogP contribution in [0.3, 0.4) is 0 Å². The van der Waals surface area contributed by atoms with E-state index in [1.54, 1.807) is 24.5 Å². The Hall–Kier alpha value is -4.25. The number of fused-ring (bicyclic) bond motifs is 1. The van der Waals surface area contributed by atoms with Gasteiger partial charge in [0.2, 0.25) is 5.91 Å². The first-order valence-corrected chi connectivity index (χ1v) is 15.0. The highest BCUT2D eigenvalue weighted by atomic mass is 19.1. The number of hydrogen-bond acceptors (Lipinski definition) is 8. The van der Waals surface area contributed by atoms with Crippen LogP contribution in [-0.4, -0.2) is 82.0 Å². The van der Waals surface area contributed by atoms with Crippen LogP contribution >= 0.6 is 0 Å². The van der Waals surface area contributed by atoms with E-state index < -0.39 is 11.6 Å². The lowest BCUT2D eigenvalue weighted by Crippen LogP contribution is -2.50. The number of para-hydroxylation sites is 1. The SMILES string of the molecule is CN1CCN(C(=O)C2CCN(c3nc(-c4ccnc(Nc5c(F)cccc5F)c4)nc4cncc(C5CC5)c34)CC2)CC1. The first kappa shape index (κ1) is 27.6. The number of nitrogens with zero attached hydrogens (tertiary/aromatic N) is 7. The van der Waals surface area contributed by atoms with Crippen molar-refractivity contribution in [2.45, 2.75) is 31.6 Å². The number of halogens is 2. The molecular weight excluding hydrogens is 550 g/mol. The minimum atomic E-state index is -0.704. The summed E-state index contributed by atoms with van der Waals surface area (Å²) >= 11 is 0. The molecule has 3 fully saturated rings. The summed E-state index contributed by atoms with van der Waals surface area (Å²) in [6.45, 7) is 4.86. The summed E-state index contributed by atoms with van der Waals surface area (Å²) in [4.78, 5) is 38.6. The van der Waals surface area contributed by atoms with Crippen molar-refractivity contribution in [3.63, 3.8) is 0 Å². The third-order valence-corrected chi connectivity index (χ3v) is 8.83. The van der Waals surface area contributed by atoms with Crippen molar-refractivity contribution in [2.75, 3.05) is 56.5 Å². The molecule has 3 aromatic heterocycles. The summed E-state index contributed by atoms with van der Waals surface area (Å²) in [5.74, 6) is 0.937. The van der Waals surface area contributed by atoms with E-state index in [1.165, 1.54) is 23.8 Å². The number of carbonyl (C=O) groups is 1. The molecule has 2 aliphatic heterocycles. The Morgan fingerprint density at radius 1 is 0.930 bits per heavy atom. The van der Waals surface area contributed by atoms with Gasteiger partial charge in [0, 0.05) is 68.5 Å². The van der Waals surface area contributed by atoms with Gasteiger partial charge in [-0.3, -0.25) is 9.78 Å². The van der Waals surface area contributed by atoms with Crippen LogP contribution in [0.25, 0.3) is 22.3 Å². The van der Waals surface area contributed by atoms with E-state index in [2.05, 4.69) is 32.1 Å². The molecule has 0 unspecified atom stereocenters. The predicted octanol–water partition coefficient (Wildman–Crippen LogP) is 4.98. The fraction of sp³-hybridized carbons (Fsp3) is 0.406. The first-order valence-electron chi connectivity index (χ1n) is 15.0.